The van der Waals surface area contributed by atoms with Gasteiger partial charge in [0, 0.05) is 12.4 Å². The molecular weight excluding hydrogens is 416 g/mol. The van der Waals surface area contributed by atoms with Crippen molar-refractivity contribution in [2.45, 2.75) is 12.3 Å². The number of carbonyl (C=O) groups is 1. The molecule has 0 saturated heterocycles. The van der Waals surface area contributed by atoms with Crippen LogP contribution in [0.4, 0.5) is 0 Å². The lowest BCUT2D eigenvalue weighted by atomic mass is 10.2. The van der Waals surface area contributed by atoms with Crippen LogP contribution in [-0.4, -0.2) is 44.8 Å². The van der Waals surface area contributed by atoms with E-state index in [0.717, 1.165) is 11.1 Å². The molecule has 0 atom stereocenters. The first kappa shape index (κ1) is 23.0. The van der Waals surface area contributed by atoms with Crippen LogP contribution in [0.3, 0.4) is 0 Å². The second-order valence-electron chi connectivity index (χ2n) is 5.21. The van der Waals surface area contributed by atoms with E-state index in [1.54, 1.807) is 14.0 Å². The molecule has 2 aromatic rings. The molecule has 148 valence electrons. The largest absolute Gasteiger partial charge is 0.508 e. The van der Waals surface area contributed by atoms with E-state index in [4.69, 9.17) is 24.1 Å². The van der Waals surface area contributed by atoms with Crippen LogP contribution in [-0.2, 0) is 19.5 Å². The van der Waals surface area contributed by atoms with Crippen molar-refractivity contribution in [3.8, 4) is 11.5 Å². The number of benzene rings is 2. The summed E-state index contributed by atoms with van der Waals surface area (Å²) in [6.07, 6.45) is 0. The number of rotatable bonds is 9. The highest BCUT2D eigenvalue weighted by Crippen LogP contribution is 2.14. The zero-order valence-corrected chi connectivity index (χ0v) is 17.1. The normalized spacial score (nSPS) is 9.89. The molecule has 7 heteroatoms. The Labute approximate surface area is 168 Å². The molecule has 0 radical (unpaired) electrons. The first-order valence-corrected chi connectivity index (χ1v) is 9.53. The number of hydrogen-bond donors (Lipinski definition) is 1. The Morgan fingerprint density at radius 1 is 1.04 bits per heavy atom. The number of hydrogen-bond acceptors (Lipinski definition) is 6. The molecule has 0 saturated carbocycles. The predicted octanol–water partition coefficient (Wildman–Crippen LogP) is 4.15. The Bertz CT molecular complexity index is 643. The molecule has 0 heterocycles. The van der Waals surface area contributed by atoms with Gasteiger partial charge in [-0.3, -0.25) is 0 Å². The minimum Gasteiger partial charge on any atom is -0.508 e. The van der Waals surface area contributed by atoms with Gasteiger partial charge in [-0.15, -0.1) is 0 Å². The fourth-order valence-electron chi connectivity index (χ4n) is 1.80. The topological polar surface area (TPSA) is 74.2 Å². The van der Waals surface area contributed by atoms with Crippen LogP contribution in [0.1, 0.15) is 22.8 Å². The lowest BCUT2D eigenvalue weighted by Crippen LogP contribution is -2.07. The molecular formula is C20H25BrO6. The molecule has 0 fully saturated rings. The Morgan fingerprint density at radius 3 is 2.26 bits per heavy atom. The van der Waals surface area contributed by atoms with E-state index < -0.39 is 0 Å². The third kappa shape index (κ3) is 9.98. The summed E-state index contributed by atoms with van der Waals surface area (Å²) >= 11 is 3.38. The third-order valence-electron chi connectivity index (χ3n) is 3.20. The standard InChI is InChI=1S/C11H15BrO3.C9H10O3/c1-13-6-7-14-9-15-11-4-2-10(8-12)3-5-11;1-2-12-9(11)7-3-5-8(10)6-4-7/h2-5H,6-9H2,1H3;3-6,10H,2H2,1H3. The highest BCUT2D eigenvalue weighted by Gasteiger charge is 2.04. The molecule has 1 N–H and O–H groups in total. The maximum atomic E-state index is 11.1. The van der Waals surface area contributed by atoms with Gasteiger partial charge in [-0.2, -0.15) is 0 Å². The molecule has 0 aliphatic heterocycles. The fraction of sp³-hybridized carbons (Fsp3) is 0.350. The van der Waals surface area contributed by atoms with Gasteiger partial charge in [0.15, 0.2) is 6.79 Å². The van der Waals surface area contributed by atoms with E-state index in [2.05, 4.69) is 15.9 Å². The number of esters is 1. The van der Waals surface area contributed by atoms with E-state index in [1.165, 1.54) is 29.8 Å². The summed E-state index contributed by atoms with van der Waals surface area (Å²) in [4.78, 5) is 11.1. The molecule has 0 aromatic heterocycles. The van der Waals surface area contributed by atoms with Crippen molar-refractivity contribution < 1.29 is 28.8 Å². The molecule has 0 aliphatic carbocycles. The predicted molar refractivity (Wildman–Crippen MR) is 106 cm³/mol. The number of ether oxygens (including phenoxy) is 4. The highest BCUT2D eigenvalue weighted by molar-refractivity contribution is 9.08. The minimum absolute atomic E-state index is 0.142. The van der Waals surface area contributed by atoms with E-state index in [1.807, 2.05) is 24.3 Å². The lowest BCUT2D eigenvalue weighted by Gasteiger charge is -2.07. The Hall–Kier alpha value is -2.09. The van der Waals surface area contributed by atoms with Gasteiger partial charge in [-0.25, -0.2) is 4.79 Å². The van der Waals surface area contributed by atoms with E-state index in [9.17, 15) is 4.79 Å². The van der Waals surface area contributed by atoms with Gasteiger partial charge < -0.3 is 24.1 Å². The van der Waals surface area contributed by atoms with E-state index in [-0.39, 0.29) is 18.5 Å². The number of aromatic hydroxyl groups is 1. The zero-order chi connectivity index (χ0) is 19.9. The number of carbonyl (C=O) groups excluding carboxylic acids is 1. The van der Waals surface area contributed by atoms with Crippen molar-refractivity contribution in [2.24, 2.45) is 0 Å². The molecule has 0 amide bonds. The Morgan fingerprint density at radius 2 is 1.70 bits per heavy atom. The molecule has 0 aliphatic rings. The summed E-state index contributed by atoms with van der Waals surface area (Å²) in [6, 6.07) is 13.8. The number of alkyl halides is 1. The summed E-state index contributed by atoms with van der Waals surface area (Å²) in [6.45, 7) is 3.51. The van der Waals surface area contributed by atoms with E-state index in [0.29, 0.717) is 25.4 Å². The van der Waals surface area contributed by atoms with Crippen LogP contribution in [0.5, 0.6) is 11.5 Å². The second kappa shape index (κ2) is 14.0. The van der Waals surface area contributed by atoms with Gasteiger partial charge >= 0.3 is 5.97 Å². The zero-order valence-electron chi connectivity index (χ0n) is 15.5. The first-order chi connectivity index (χ1) is 13.1. The summed E-state index contributed by atoms with van der Waals surface area (Å²) in [5.41, 5.74) is 1.68. The van der Waals surface area contributed by atoms with Crippen LogP contribution < -0.4 is 4.74 Å². The summed E-state index contributed by atoms with van der Waals surface area (Å²) in [7, 11) is 1.64. The number of methoxy groups -OCH3 is 1. The van der Waals surface area contributed by atoms with Crippen molar-refractivity contribution in [3.63, 3.8) is 0 Å². The van der Waals surface area contributed by atoms with Crippen molar-refractivity contribution in [2.75, 3.05) is 33.7 Å². The maximum Gasteiger partial charge on any atom is 0.338 e. The lowest BCUT2D eigenvalue weighted by molar-refractivity contribution is -0.00847. The molecule has 0 bridgehead atoms. The number of phenolic OH excluding ortho intramolecular Hbond substituents is 1. The molecule has 0 spiro atoms. The second-order valence-corrected chi connectivity index (χ2v) is 5.77. The smallest absolute Gasteiger partial charge is 0.338 e. The van der Waals surface area contributed by atoms with Crippen molar-refractivity contribution in [3.05, 3.63) is 59.7 Å². The van der Waals surface area contributed by atoms with Gasteiger partial charge in [0.1, 0.15) is 11.5 Å². The molecule has 6 nitrogen and oxygen atoms in total. The highest BCUT2D eigenvalue weighted by atomic mass is 79.9. The molecule has 27 heavy (non-hydrogen) atoms. The summed E-state index contributed by atoms with van der Waals surface area (Å²) in [5.74, 6) is 0.595. The van der Waals surface area contributed by atoms with Gasteiger partial charge in [-0.05, 0) is 48.9 Å². The van der Waals surface area contributed by atoms with Crippen LogP contribution in [0.25, 0.3) is 0 Å². The van der Waals surface area contributed by atoms with E-state index >= 15 is 0 Å². The summed E-state index contributed by atoms with van der Waals surface area (Å²) < 4.78 is 20.1. The summed E-state index contributed by atoms with van der Waals surface area (Å²) in [5, 5.41) is 9.77. The minimum atomic E-state index is -0.363. The number of halogens is 1. The molecule has 2 aromatic carbocycles. The van der Waals surface area contributed by atoms with Gasteiger partial charge in [0.25, 0.3) is 0 Å². The molecule has 0 unspecified atom stereocenters. The third-order valence-corrected chi connectivity index (χ3v) is 3.84. The van der Waals surface area contributed by atoms with Crippen LogP contribution in [0.15, 0.2) is 48.5 Å². The van der Waals surface area contributed by atoms with Gasteiger partial charge in [0.2, 0.25) is 0 Å². The maximum absolute atomic E-state index is 11.1. The Kier molecular flexibility index (Phi) is 11.9. The monoisotopic (exact) mass is 440 g/mol. The first-order valence-electron chi connectivity index (χ1n) is 8.41. The van der Waals surface area contributed by atoms with Crippen LogP contribution in [0.2, 0.25) is 0 Å². The van der Waals surface area contributed by atoms with Crippen LogP contribution >= 0.6 is 15.9 Å². The van der Waals surface area contributed by atoms with Gasteiger partial charge in [0.05, 0.1) is 25.4 Å². The van der Waals surface area contributed by atoms with Crippen molar-refractivity contribution in [1.29, 1.82) is 0 Å². The SMILES string of the molecule is CCOC(=O)c1ccc(O)cc1.COCCOCOc1ccc(CBr)cc1. The van der Waals surface area contributed by atoms with Crippen LogP contribution in [0, 0.1) is 0 Å². The molecule has 2 rings (SSSR count). The quantitative estimate of drug-likeness (QED) is 0.273. The van der Waals surface area contributed by atoms with Crippen molar-refractivity contribution in [1.82, 2.24) is 0 Å². The van der Waals surface area contributed by atoms with Crippen molar-refractivity contribution >= 4 is 21.9 Å². The average molecular weight is 441 g/mol. The number of phenols is 1. The Balaban J connectivity index is 0.000000277. The average Bonchev–Trinajstić information content (AvgIpc) is 2.69. The van der Waals surface area contributed by atoms with Gasteiger partial charge in [-0.1, -0.05) is 28.1 Å². The fourth-order valence-corrected chi connectivity index (χ4v) is 2.17.